The predicted octanol–water partition coefficient (Wildman–Crippen LogP) is 2.48. The third-order valence-electron chi connectivity index (χ3n) is 3.23. The van der Waals surface area contributed by atoms with Crippen LogP contribution >= 0.6 is 0 Å². The molecular weight excluding hydrogens is 283 g/mol. The molecule has 21 heavy (non-hydrogen) atoms. The van der Waals surface area contributed by atoms with Crippen molar-refractivity contribution in [3.63, 3.8) is 0 Å². The summed E-state index contributed by atoms with van der Waals surface area (Å²) in [5, 5.41) is 2.70. The first kappa shape index (κ1) is 17.4. The Morgan fingerprint density at radius 3 is 2.38 bits per heavy atom. The number of aryl methyl sites for hydroxylation is 1. The Hall–Kier alpha value is -1.63. The van der Waals surface area contributed by atoms with Crippen molar-refractivity contribution in [1.82, 2.24) is 15.2 Å². The van der Waals surface area contributed by atoms with Gasteiger partial charge >= 0.3 is 6.18 Å². The van der Waals surface area contributed by atoms with Gasteiger partial charge in [0.25, 0.3) is 5.91 Å². The van der Waals surface area contributed by atoms with Gasteiger partial charge < -0.3 is 10.2 Å². The Kier molecular flexibility index (Phi) is 6.14. The van der Waals surface area contributed by atoms with Crippen molar-refractivity contribution < 1.29 is 18.0 Å². The molecule has 0 fully saturated rings. The number of pyridine rings is 1. The Morgan fingerprint density at radius 1 is 1.29 bits per heavy atom. The smallest absolute Gasteiger partial charge is 0.351 e. The fourth-order valence-electron chi connectivity index (χ4n) is 1.92. The van der Waals surface area contributed by atoms with Crippen molar-refractivity contribution in [3.05, 3.63) is 29.1 Å². The minimum absolute atomic E-state index is 0.0742. The second-order valence-corrected chi connectivity index (χ2v) is 4.61. The molecule has 118 valence electrons. The highest BCUT2D eigenvalue weighted by molar-refractivity contribution is 5.95. The largest absolute Gasteiger partial charge is 0.433 e. The molecule has 0 aliphatic heterocycles. The van der Waals surface area contributed by atoms with Gasteiger partial charge in [-0.3, -0.25) is 4.79 Å². The normalized spacial score (nSPS) is 11.8. The quantitative estimate of drug-likeness (QED) is 0.878. The molecule has 0 saturated carbocycles. The van der Waals surface area contributed by atoms with Crippen LogP contribution in [-0.4, -0.2) is 42.0 Å². The summed E-state index contributed by atoms with van der Waals surface area (Å²) in [7, 11) is 0. The van der Waals surface area contributed by atoms with Gasteiger partial charge in [-0.15, -0.1) is 0 Å². The topological polar surface area (TPSA) is 45.2 Å². The summed E-state index contributed by atoms with van der Waals surface area (Å²) in [5.41, 5.74) is -0.743. The van der Waals surface area contributed by atoms with E-state index in [0.717, 1.165) is 25.2 Å². The van der Waals surface area contributed by atoms with E-state index in [-0.39, 0.29) is 11.3 Å². The van der Waals surface area contributed by atoms with Crippen molar-refractivity contribution in [2.45, 2.75) is 26.9 Å². The van der Waals surface area contributed by atoms with Crippen molar-refractivity contribution in [2.75, 3.05) is 26.2 Å². The molecule has 1 aromatic rings. The van der Waals surface area contributed by atoms with Gasteiger partial charge in [-0.1, -0.05) is 13.8 Å². The number of carbonyl (C=O) groups is 1. The Bertz CT molecular complexity index is 485. The lowest BCUT2D eigenvalue weighted by atomic mass is 10.1. The summed E-state index contributed by atoms with van der Waals surface area (Å²) in [6, 6.07) is 1.99. The van der Waals surface area contributed by atoms with Gasteiger partial charge in [0, 0.05) is 13.1 Å². The number of nitrogens with one attached hydrogen (secondary N) is 1. The first-order chi connectivity index (χ1) is 9.79. The second kappa shape index (κ2) is 7.40. The van der Waals surface area contributed by atoms with Gasteiger partial charge in [0.05, 0.1) is 11.3 Å². The van der Waals surface area contributed by atoms with Gasteiger partial charge in [-0.25, -0.2) is 4.98 Å². The maximum atomic E-state index is 12.5. The van der Waals surface area contributed by atoms with E-state index in [0.29, 0.717) is 13.1 Å². The highest BCUT2D eigenvalue weighted by atomic mass is 19.4. The van der Waals surface area contributed by atoms with Crippen LogP contribution in [0.3, 0.4) is 0 Å². The number of alkyl halides is 3. The third kappa shape index (κ3) is 5.00. The zero-order chi connectivity index (χ0) is 16.0. The number of rotatable bonds is 6. The molecule has 0 aromatic carbocycles. The highest BCUT2D eigenvalue weighted by Gasteiger charge is 2.33. The lowest BCUT2D eigenvalue weighted by molar-refractivity contribution is -0.141. The Morgan fingerprint density at radius 2 is 1.90 bits per heavy atom. The molecular formula is C14H20F3N3O. The number of aromatic nitrogens is 1. The molecule has 1 aromatic heterocycles. The van der Waals surface area contributed by atoms with E-state index < -0.39 is 17.8 Å². The van der Waals surface area contributed by atoms with E-state index in [4.69, 9.17) is 0 Å². The monoisotopic (exact) mass is 303 g/mol. The van der Waals surface area contributed by atoms with Gasteiger partial charge in [0.15, 0.2) is 0 Å². The fraction of sp³-hybridized carbons (Fsp3) is 0.571. The molecule has 1 heterocycles. The van der Waals surface area contributed by atoms with E-state index >= 15 is 0 Å². The zero-order valence-electron chi connectivity index (χ0n) is 12.4. The van der Waals surface area contributed by atoms with E-state index in [1.54, 1.807) is 0 Å². The maximum absolute atomic E-state index is 12.5. The molecule has 4 nitrogen and oxygen atoms in total. The number of hydrogen-bond donors (Lipinski definition) is 1. The summed E-state index contributed by atoms with van der Waals surface area (Å²) < 4.78 is 37.5. The Balaban J connectivity index is 2.67. The summed E-state index contributed by atoms with van der Waals surface area (Å²) in [5.74, 6) is -0.402. The standard InChI is InChI=1S/C14H20F3N3O/c1-4-20(5-2)9-8-18-13(21)11-6-7-12(14(15,16)17)19-10(11)3/h6-7H,4-5,8-9H2,1-3H3,(H,18,21). The van der Waals surface area contributed by atoms with Gasteiger partial charge in [0.1, 0.15) is 5.69 Å². The van der Waals surface area contributed by atoms with E-state index in [1.165, 1.54) is 6.92 Å². The van der Waals surface area contributed by atoms with Crippen molar-refractivity contribution in [3.8, 4) is 0 Å². The van der Waals surface area contributed by atoms with E-state index in [1.807, 2.05) is 13.8 Å². The highest BCUT2D eigenvalue weighted by Crippen LogP contribution is 2.28. The molecule has 0 unspecified atom stereocenters. The first-order valence-corrected chi connectivity index (χ1v) is 6.85. The molecule has 1 amide bonds. The number of amides is 1. The van der Waals surface area contributed by atoms with Crippen LogP contribution in [0.15, 0.2) is 12.1 Å². The minimum Gasteiger partial charge on any atom is -0.351 e. The van der Waals surface area contributed by atoms with Crippen molar-refractivity contribution in [2.24, 2.45) is 0 Å². The summed E-state index contributed by atoms with van der Waals surface area (Å²) in [6.07, 6.45) is -4.50. The second-order valence-electron chi connectivity index (χ2n) is 4.61. The number of nitrogens with zero attached hydrogens (tertiary/aromatic N) is 2. The summed E-state index contributed by atoms with van der Waals surface area (Å²) in [4.78, 5) is 17.5. The SMILES string of the molecule is CCN(CC)CCNC(=O)c1ccc(C(F)(F)F)nc1C. The number of likely N-dealkylation sites (N-methyl/N-ethyl adjacent to an activating group) is 1. The van der Waals surface area contributed by atoms with Crippen LogP contribution in [0.4, 0.5) is 13.2 Å². The summed E-state index contributed by atoms with van der Waals surface area (Å²) in [6.45, 7) is 8.35. The molecule has 0 atom stereocenters. The van der Waals surface area contributed by atoms with E-state index in [2.05, 4.69) is 15.2 Å². The average molecular weight is 303 g/mol. The van der Waals surface area contributed by atoms with Gasteiger partial charge in [-0.05, 0) is 32.1 Å². The molecule has 0 bridgehead atoms. The van der Waals surface area contributed by atoms with Crippen LogP contribution in [0.2, 0.25) is 0 Å². The molecule has 0 spiro atoms. The van der Waals surface area contributed by atoms with Crippen LogP contribution in [0.1, 0.15) is 35.6 Å². The minimum atomic E-state index is -4.50. The molecule has 0 aliphatic carbocycles. The van der Waals surface area contributed by atoms with Crippen LogP contribution in [0.5, 0.6) is 0 Å². The molecule has 0 aliphatic rings. The van der Waals surface area contributed by atoms with Crippen LogP contribution < -0.4 is 5.32 Å². The Labute approximate surface area is 122 Å². The first-order valence-electron chi connectivity index (χ1n) is 6.85. The maximum Gasteiger partial charge on any atom is 0.433 e. The van der Waals surface area contributed by atoms with Gasteiger partial charge in [-0.2, -0.15) is 13.2 Å². The lowest BCUT2D eigenvalue weighted by Gasteiger charge is -2.18. The van der Waals surface area contributed by atoms with Crippen LogP contribution in [0.25, 0.3) is 0 Å². The average Bonchev–Trinajstić information content (AvgIpc) is 2.42. The molecule has 7 heteroatoms. The summed E-state index contributed by atoms with van der Waals surface area (Å²) >= 11 is 0. The predicted molar refractivity (Wildman–Crippen MR) is 74.1 cm³/mol. The number of carbonyl (C=O) groups excluding carboxylic acids is 1. The molecule has 1 N–H and O–H groups in total. The molecule has 0 saturated heterocycles. The zero-order valence-corrected chi connectivity index (χ0v) is 12.4. The van der Waals surface area contributed by atoms with E-state index in [9.17, 15) is 18.0 Å². The number of hydrogen-bond acceptors (Lipinski definition) is 3. The molecule has 1 rings (SSSR count). The van der Waals surface area contributed by atoms with Gasteiger partial charge in [0.2, 0.25) is 0 Å². The number of halogens is 3. The van der Waals surface area contributed by atoms with Crippen molar-refractivity contribution in [1.29, 1.82) is 0 Å². The van der Waals surface area contributed by atoms with Crippen molar-refractivity contribution >= 4 is 5.91 Å². The van der Waals surface area contributed by atoms with Crippen LogP contribution in [-0.2, 0) is 6.18 Å². The van der Waals surface area contributed by atoms with Crippen LogP contribution in [0, 0.1) is 6.92 Å². The fourth-order valence-corrected chi connectivity index (χ4v) is 1.92. The molecule has 0 radical (unpaired) electrons. The lowest BCUT2D eigenvalue weighted by Crippen LogP contribution is -2.35. The third-order valence-corrected chi connectivity index (χ3v) is 3.23.